The molecule has 2 aromatic rings. The van der Waals surface area contributed by atoms with Crippen LogP contribution in [0, 0.1) is 21.4 Å². The van der Waals surface area contributed by atoms with E-state index in [1.807, 2.05) is 10.8 Å². The number of nitro groups is 1. The Bertz CT molecular complexity index is 1140. The molecule has 0 bridgehead atoms. The van der Waals surface area contributed by atoms with Crippen LogP contribution in [-0.2, 0) is 30.9 Å². The Morgan fingerprint density at radius 3 is 2.73 bits per heavy atom. The maximum Gasteiger partial charge on any atom is 0.321 e. The molecule has 1 aromatic carbocycles. The highest BCUT2D eigenvalue weighted by Crippen LogP contribution is 2.28. The van der Waals surface area contributed by atoms with Gasteiger partial charge in [0.2, 0.25) is 10.0 Å². The first-order chi connectivity index (χ1) is 15.6. The lowest BCUT2D eigenvalue weighted by molar-refractivity contribution is -0.384. The number of rotatable bonds is 12. The van der Waals surface area contributed by atoms with Gasteiger partial charge in [-0.3, -0.25) is 19.7 Å². The van der Waals surface area contributed by atoms with Gasteiger partial charge in [0.15, 0.2) is 6.61 Å². The van der Waals surface area contributed by atoms with Crippen molar-refractivity contribution in [2.75, 3.05) is 32.1 Å². The summed E-state index contributed by atoms with van der Waals surface area (Å²) in [5.74, 6) is -1.06. The Labute approximate surface area is 189 Å². The molecule has 176 valence electrons. The highest BCUT2D eigenvalue weighted by molar-refractivity contribution is 7.89. The fourth-order valence-electron chi connectivity index (χ4n) is 2.46. The first-order valence-corrected chi connectivity index (χ1v) is 10.9. The summed E-state index contributed by atoms with van der Waals surface area (Å²) in [7, 11) is -2.86. The zero-order valence-corrected chi connectivity index (χ0v) is 18.3. The second kappa shape index (κ2) is 11.6. The third kappa shape index (κ3) is 7.59. The van der Waals surface area contributed by atoms with Gasteiger partial charge < -0.3 is 19.4 Å². The van der Waals surface area contributed by atoms with Crippen molar-refractivity contribution < 1.29 is 32.1 Å². The maximum absolute atomic E-state index is 12.4. The summed E-state index contributed by atoms with van der Waals surface area (Å²) < 4.78 is 36.7. The van der Waals surface area contributed by atoms with Crippen molar-refractivity contribution in [1.29, 1.82) is 5.26 Å². The number of esters is 1. The fraction of sp³-hybridized carbons (Fsp3) is 0.316. The molecule has 13 nitrogen and oxygen atoms in total. The van der Waals surface area contributed by atoms with Gasteiger partial charge in [-0.25, -0.2) is 8.42 Å². The van der Waals surface area contributed by atoms with Crippen molar-refractivity contribution in [2.45, 2.75) is 17.9 Å². The minimum atomic E-state index is -4.29. The first kappa shape index (κ1) is 25.3. The van der Waals surface area contributed by atoms with Gasteiger partial charge in [-0.15, -0.1) is 0 Å². The standard InChI is InChI=1S/C19H21N5O8S/c1-23(8-3-7-20)18(25)13-32-19(26)12-22-33(29,30)15-5-6-16(17(10-15)24(27)28)21-11-14-4-2-9-31-14/h2,4-6,9-10,21-22H,3,8,11-13H2,1H3. The number of anilines is 1. The van der Waals surface area contributed by atoms with Crippen LogP contribution in [0.1, 0.15) is 12.2 Å². The molecule has 0 radical (unpaired) electrons. The maximum atomic E-state index is 12.4. The van der Waals surface area contributed by atoms with Crippen molar-refractivity contribution in [3.8, 4) is 6.07 Å². The van der Waals surface area contributed by atoms with E-state index < -0.39 is 50.6 Å². The molecular weight excluding hydrogens is 458 g/mol. The number of likely N-dealkylation sites (N-methyl/N-ethyl adjacent to an activating group) is 1. The number of carbonyl (C=O) groups is 2. The van der Waals surface area contributed by atoms with Gasteiger partial charge in [-0.2, -0.15) is 9.98 Å². The van der Waals surface area contributed by atoms with E-state index in [4.69, 9.17) is 14.4 Å². The molecule has 0 aliphatic carbocycles. The molecule has 2 rings (SSSR count). The van der Waals surface area contributed by atoms with Crippen molar-refractivity contribution >= 4 is 33.3 Å². The molecule has 1 heterocycles. The van der Waals surface area contributed by atoms with E-state index in [1.165, 1.54) is 24.3 Å². The number of sulfonamides is 1. The van der Waals surface area contributed by atoms with Crippen LogP contribution in [0.2, 0.25) is 0 Å². The average Bonchev–Trinajstić information content (AvgIpc) is 3.31. The molecule has 0 spiro atoms. The average molecular weight is 479 g/mol. The van der Waals surface area contributed by atoms with E-state index in [2.05, 4.69) is 5.32 Å². The SMILES string of the molecule is CN(CCC#N)C(=O)COC(=O)CNS(=O)(=O)c1ccc(NCc2ccco2)c([N+](=O)[O-])c1. The number of hydrogen-bond donors (Lipinski definition) is 2. The zero-order chi connectivity index (χ0) is 24.4. The molecule has 0 aliphatic rings. The predicted octanol–water partition coefficient (Wildman–Crippen LogP) is 0.993. The Kier molecular flexibility index (Phi) is 8.89. The second-order valence-electron chi connectivity index (χ2n) is 6.58. The number of benzene rings is 1. The molecule has 0 unspecified atom stereocenters. The van der Waals surface area contributed by atoms with Crippen LogP contribution in [-0.4, -0.2) is 56.9 Å². The molecule has 0 fully saturated rings. The number of amides is 1. The first-order valence-electron chi connectivity index (χ1n) is 9.45. The number of nitriles is 1. The molecule has 0 atom stereocenters. The third-order valence-electron chi connectivity index (χ3n) is 4.26. The molecule has 0 saturated carbocycles. The minimum Gasteiger partial charge on any atom is -0.467 e. The van der Waals surface area contributed by atoms with E-state index in [9.17, 15) is 28.1 Å². The highest BCUT2D eigenvalue weighted by Gasteiger charge is 2.23. The lowest BCUT2D eigenvalue weighted by Crippen LogP contribution is -2.35. The van der Waals surface area contributed by atoms with Gasteiger partial charge in [0.05, 0.1) is 35.1 Å². The monoisotopic (exact) mass is 479 g/mol. The summed E-state index contributed by atoms with van der Waals surface area (Å²) in [6.45, 7) is -1.10. The number of nitrogens with zero attached hydrogens (tertiary/aromatic N) is 3. The predicted molar refractivity (Wildman–Crippen MR) is 113 cm³/mol. The van der Waals surface area contributed by atoms with Crippen LogP contribution in [0.4, 0.5) is 11.4 Å². The van der Waals surface area contributed by atoms with Gasteiger partial charge >= 0.3 is 5.97 Å². The molecule has 0 aliphatic heterocycles. The Morgan fingerprint density at radius 2 is 2.09 bits per heavy atom. The Morgan fingerprint density at radius 1 is 1.33 bits per heavy atom. The summed E-state index contributed by atoms with van der Waals surface area (Å²) in [4.78, 5) is 35.0. The van der Waals surface area contributed by atoms with Crippen molar-refractivity contribution in [3.05, 3.63) is 52.5 Å². The van der Waals surface area contributed by atoms with Crippen molar-refractivity contribution in [1.82, 2.24) is 9.62 Å². The van der Waals surface area contributed by atoms with Gasteiger partial charge in [-0.05, 0) is 24.3 Å². The summed E-state index contributed by atoms with van der Waals surface area (Å²) >= 11 is 0. The smallest absolute Gasteiger partial charge is 0.321 e. The van der Waals surface area contributed by atoms with Crippen LogP contribution in [0.15, 0.2) is 45.9 Å². The number of furan rings is 1. The molecule has 0 saturated heterocycles. The van der Waals surface area contributed by atoms with E-state index >= 15 is 0 Å². The van der Waals surface area contributed by atoms with Crippen LogP contribution in [0.5, 0.6) is 0 Å². The summed E-state index contributed by atoms with van der Waals surface area (Å²) in [6.07, 6.45) is 1.56. The largest absolute Gasteiger partial charge is 0.467 e. The van der Waals surface area contributed by atoms with Crippen LogP contribution in [0.3, 0.4) is 0 Å². The van der Waals surface area contributed by atoms with E-state index in [0.29, 0.717) is 5.76 Å². The molecule has 1 aromatic heterocycles. The van der Waals surface area contributed by atoms with Crippen LogP contribution >= 0.6 is 0 Å². The molecular formula is C19H21N5O8S. The fourth-order valence-corrected chi connectivity index (χ4v) is 3.45. The second-order valence-corrected chi connectivity index (χ2v) is 8.34. The van der Waals surface area contributed by atoms with Crippen LogP contribution < -0.4 is 10.0 Å². The van der Waals surface area contributed by atoms with Gasteiger partial charge in [0.1, 0.15) is 18.0 Å². The van der Waals surface area contributed by atoms with E-state index in [0.717, 1.165) is 12.1 Å². The summed E-state index contributed by atoms with van der Waals surface area (Å²) in [6, 6.07) is 8.41. The number of carbonyl (C=O) groups excluding carboxylic acids is 2. The number of nitro benzene ring substituents is 1. The lowest BCUT2D eigenvalue weighted by atomic mass is 10.2. The molecule has 2 N–H and O–H groups in total. The molecule has 33 heavy (non-hydrogen) atoms. The summed E-state index contributed by atoms with van der Waals surface area (Å²) in [5.41, 5.74) is -0.410. The van der Waals surface area contributed by atoms with Gasteiger partial charge in [0, 0.05) is 19.7 Å². The molecule has 14 heteroatoms. The van der Waals surface area contributed by atoms with E-state index in [1.54, 1.807) is 12.1 Å². The van der Waals surface area contributed by atoms with Crippen LogP contribution in [0.25, 0.3) is 0 Å². The van der Waals surface area contributed by atoms with Crippen molar-refractivity contribution in [2.24, 2.45) is 0 Å². The minimum absolute atomic E-state index is 0.0776. The normalized spacial score (nSPS) is 10.8. The number of hydrogen-bond acceptors (Lipinski definition) is 10. The summed E-state index contributed by atoms with van der Waals surface area (Å²) in [5, 5.41) is 22.7. The highest BCUT2D eigenvalue weighted by atomic mass is 32.2. The van der Waals surface area contributed by atoms with Crippen molar-refractivity contribution in [3.63, 3.8) is 0 Å². The topological polar surface area (TPSA) is 185 Å². The third-order valence-corrected chi connectivity index (χ3v) is 5.66. The number of ether oxygens (including phenoxy) is 1. The Hall–Kier alpha value is -3.96. The van der Waals surface area contributed by atoms with Gasteiger partial charge in [-0.1, -0.05) is 0 Å². The zero-order valence-electron chi connectivity index (χ0n) is 17.5. The number of nitrogens with one attached hydrogen (secondary N) is 2. The van der Waals surface area contributed by atoms with E-state index in [-0.39, 0.29) is 25.2 Å². The Balaban J connectivity index is 1.97. The molecule has 1 amide bonds. The van der Waals surface area contributed by atoms with Gasteiger partial charge in [0.25, 0.3) is 11.6 Å². The lowest BCUT2D eigenvalue weighted by Gasteiger charge is -2.15. The quantitative estimate of drug-likeness (QED) is 0.253.